The molecule has 2 heterocycles. The Morgan fingerprint density at radius 2 is 1.59 bits per heavy atom. The Kier molecular flexibility index (Phi) is 8.57. The first-order chi connectivity index (χ1) is 19.9. The fourth-order valence-corrected chi connectivity index (χ4v) is 5.62. The van der Waals surface area contributed by atoms with E-state index in [0.717, 1.165) is 22.9 Å². The molecule has 5 rings (SSSR count). The second-order valence-electron chi connectivity index (χ2n) is 10.1. The minimum absolute atomic E-state index is 0.227. The third-order valence-electron chi connectivity index (χ3n) is 7.01. The lowest BCUT2D eigenvalue weighted by Crippen LogP contribution is -2.18. The molecule has 212 valence electrons. The Balaban J connectivity index is 1.47. The molecule has 3 aromatic carbocycles. The molecular weight excluding hydrogens is 533 g/mol. The van der Waals surface area contributed by atoms with Crippen molar-refractivity contribution in [3.8, 4) is 17.2 Å². The number of methoxy groups -OCH3 is 1. The number of nitrogens with zero attached hydrogens (tertiary/aromatic N) is 4. The van der Waals surface area contributed by atoms with E-state index in [4.69, 9.17) is 20.9 Å². The van der Waals surface area contributed by atoms with Crippen molar-refractivity contribution >= 4 is 42.9 Å². The first kappa shape index (κ1) is 28.2. The van der Waals surface area contributed by atoms with Gasteiger partial charge in [0.15, 0.2) is 11.6 Å². The monoisotopic (exact) mass is 569 g/mol. The van der Waals surface area contributed by atoms with Crippen LogP contribution in [0.2, 0.25) is 0 Å². The van der Waals surface area contributed by atoms with Crippen molar-refractivity contribution in [2.24, 2.45) is 0 Å². The van der Waals surface area contributed by atoms with Gasteiger partial charge in [-0.2, -0.15) is 0 Å². The summed E-state index contributed by atoms with van der Waals surface area (Å²) in [4.78, 5) is 1.94. The second-order valence-corrected chi connectivity index (χ2v) is 10.6. The van der Waals surface area contributed by atoms with Crippen LogP contribution in [0.4, 0.5) is 17.5 Å². The second kappa shape index (κ2) is 12.5. The Bertz CT molecular complexity index is 1590. The number of nitrogens with one attached hydrogen (secondary N) is 1. The van der Waals surface area contributed by atoms with E-state index >= 15 is 0 Å². The molecule has 1 atom stereocenters. The first-order valence-electron chi connectivity index (χ1n) is 13.4. The summed E-state index contributed by atoms with van der Waals surface area (Å²) in [5.41, 5.74) is 17.1. The standard InChI is InChI=1S/C31H36N7O2P/c1-37(2)19-40-22-14-15-24(25(18-22)39-3)38-29(33)26-27(31(38)41)30(36-35-28(26)32)34-17-16-23(20-10-6-4-7-11-20)21-12-8-5-9-13-21/h4-15,18,23H,16-17,19,33,41H2,1-3H3,(H2,32,35)(H,34,36). The SMILES string of the molecule is COc1cc(OCN(C)C)ccc1-n1c(N)c2c(N)nnc(NCCC(c3ccccc3)c3ccccc3)c2c1P. The predicted molar refractivity (Wildman–Crippen MR) is 171 cm³/mol. The number of nitrogen functional groups attached to an aromatic ring is 2. The number of hydrogen-bond acceptors (Lipinski definition) is 8. The van der Waals surface area contributed by atoms with E-state index in [9.17, 15) is 0 Å². The smallest absolute Gasteiger partial charge is 0.159 e. The summed E-state index contributed by atoms with van der Waals surface area (Å²) in [7, 11) is 8.30. The zero-order chi connectivity index (χ0) is 28.9. The number of fused-ring (bicyclic) bond motifs is 1. The number of rotatable bonds is 11. The van der Waals surface area contributed by atoms with Crippen LogP contribution in [0.1, 0.15) is 23.5 Å². The summed E-state index contributed by atoms with van der Waals surface area (Å²) in [5, 5.41) is 13.6. The van der Waals surface area contributed by atoms with Crippen LogP contribution >= 0.6 is 9.24 Å². The van der Waals surface area contributed by atoms with Crippen LogP contribution in [0.5, 0.6) is 11.5 Å². The summed E-state index contributed by atoms with van der Waals surface area (Å²) >= 11 is 0. The molecule has 10 heteroatoms. The topological polar surface area (TPSA) is 116 Å². The zero-order valence-electron chi connectivity index (χ0n) is 23.5. The average Bonchev–Trinajstić information content (AvgIpc) is 3.26. The van der Waals surface area contributed by atoms with Gasteiger partial charge in [-0.3, -0.25) is 9.47 Å². The van der Waals surface area contributed by atoms with Gasteiger partial charge >= 0.3 is 0 Å². The summed E-state index contributed by atoms with van der Waals surface area (Å²) in [6.45, 7) is 1.11. The predicted octanol–water partition coefficient (Wildman–Crippen LogP) is 4.63. The van der Waals surface area contributed by atoms with Crippen LogP contribution in [0.25, 0.3) is 16.5 Å². The summed E-state index contributed by atoms with van der Waals surface area (Å²) in [6, 6.07) is 26.7. The minimum Gasteiger partial charge on any atom is -0.494 e. The van der Waals surface area contributed by atoms with Gasteiger partial charge < -0.3 is 26.3 Å². The van der Waals surface area contributed by atoms with Crippen molar-refractivity contribution in [1.82, 2.24) is 19.7 Å². The van der Waals surface area contributed by atoms with Gasteiger partial charge in [-0.15, -0.1) is 10.2 Å². The maximum atomic E-state index is 6.71. The highest BCUT2D eigenvalue weighted by Crippen LogP contribution is 2.37. The minimum atomic E-state index is 0.227. The first-order valence-corrected chi connectivity index (χ1v) is 14.0. The molecular formula is C31H36N7O2P. The molecule has 5 aromatic rings. The van der Waals surface area contributed by atoms with Gasteiger partial charge in [0.25, 0.3) is 0 Å². The van der Waals surface area contributed by atoms with E-state index in [1.165, 1.54) is 11.1 Å². The number of benzene rings is 3. The molecule has 0 radical (unpaired) electrons. The van der Waals surface area contributed by atoms with Crippen LogP contribution in [0.3, 0.4) is 0 Å². The quantitative estimate of drug-likeness (QED) is 0.156. The Morgan fingerprint density at radius 3 is 2.20 bits per heavy atom. The van der Waals surface area contributed by atoms with Gasteiger partial charge in [-0.05, 0) is 43.8 Å². The van der Waals surface area contributed by atoms with Crippen LogP contribution in [0.15, 0.2) is 78.9 Å². The molecule has 0 aliphatic heterocycles. The van der Waals surface area contributed by atoms with E-state index in [2.05, 4.69) is 73.3 Å². The Labute approximate surface area is 242 Å². The van der Waals surface area contributed by atoms with Crippen molar-refractivity contribution in [3.05, 3.63) is 90.0 Å². The normalized spacial score (nSPS) is 11.4. The molecule has 0 saturated carbocycles. The van der Waals surface area contributed by atoms with E-state index in [0.29, 0.717) is 41.8 Å². The summed E-state index contributed by atoms with van der Waals surface area (Å²) in [6.07, 6.45) is 0.853. The summed E-state index contributed by atoms with van der Waals surface area (Å²) < 4.78 is 13.5. The lowest BCUT2D eigenvalue weighted by molar-refractivity contribution is 0.179. The Morgan fingerprint density at radius 1 is 0.927 bits per heavy atom. The van der Waals surface area contributed by atoms with Crippen LogP contribution in [0, 0.1) is 0 Å². The molecule has 0 aliphatic carbocycles. The van der Waals surface area contributed by atoms with Crippen molar-refractivity contribution in [2.45, 2.75) is 12.3 Å². The highest BCUT2D eigenvalue weighted by Gasteiger charge is 2.23. The molecule has 0 amide bonds. The molecule has 2 aromatic heterocycles. The molecule has 0 fully saturated rings. The fraction of sp³-hybridized carbons (Fsp3) is 0.226. The lowest BCUT2D eigenvalue weighted by atomic mass is 9.88. The van der Waals surface area contributed by atoms with Crippen molar-refractivity contribution < 1.29 is 9.47 Å². The number of aromatic nitrogens is 3. The van der Waals surface area contributed by atoms with Crippen LogP contribution in [-0.2, 0) is 0 Å². The molecule has 0 bridgehead atoms. The van der Waals surface area contributed by atoms with Gasteiger partial charge in [-0.25, -0.2) is 0 Å². The van der Waals surface area contributed by atoms with E-state index in [1.807, 2.05) is 53.9 Å². The molecule has 0 saturated heterocycles. The third kappa shape index (κ3) is 5.92. The number of anilines is 3. The molecule has 0 spiro atoms. The van der Waals surface area contributed by atoms with Gasteiger partial charge in [0.2, 0.25) is 0 Å². The molecule has 9 nitrogen and oxygen atoms in total. The third-order valence-corrected chi connectivity index (χ3v) is 7.55. The van der Waals surface area contributed by atoms with Gasteiger partial charge in [0.05, 0.1) is 29.0 Å². The molecule has 41 heavy (non-hydrogen) atoms. The van der Waals surface area contributed by atoms with Gasteiger partial charge in [-0.1, -0.05) is 69.9 Å². The fourth-order valence-electron chi connectivity index (χ4n) is 5.06. The van der Waals surface area contributed by atoms with Crippen molar-refractivity contribution in [3.63, 3.8) is 0 Å². The largest absolute Gasteiger partial charge is 0.494 e. The number of hydrogen-bond donors (Lipinski definition) is 3. The molecule has 0 aliphatic rings. The van der Waals surface area contributed by atoms with Crippen LogP contribution in [-0.4, -0.2) is 54.1 Å². The molecule has 5 N–H and O–H groups in total. The lowest BCUT2D eigenvalue weighted by Gasteiger charge is -2.19. The van der Waals surface area contributed by atoms with Gasteiger partial charge in [0.1, 0.15) is 24.0 Å². The number of nitrogens with two attached hydrogens (primary N) is 2. The van der Waals surface area contributed by atoms with Crippen LogP contribution < -0.4 is 31.7 Å². The van der Waals surface area contributed by atoms with E-state index < -0.39 is 0 Å². The zero-order valence-corrected chi connectivity index (χ0v) is 24.7. The maximum Gasteiger partial charge on any atom is 0.159 e. The maximum absolute atomic E-state index is 6.71. The number of ether oxygens (including phenoxy) is 2. The average molecular weight is 570 g/mol. The molecule has 1 unspecified atom stereocenters. The van der Waals surface area contributed by atoms with Gasteiger partial charge in [0, 0.05) is 18.5 Å². The van der Waals surface area contributed by atoms with Crippen molar-refractivity contribution in [1.29, 1.82) is 0 Å². The Hall–Kier alpha value is -4.33. The van der Waals surface area contributed by atoms with E-state index in [-0.39, 0.29) is 11.7 Å². The summed E-state index contributed by atoms with van der Waals surface area (Å²) in [5.74, 6) is 2.87. The van der Waals surface area contributed by atoms with E-state index in [1.54, 1.807) is 7.11 Å². The highest BCUT2D eigenvalue weighted by atomic mass is 31.0. The van der Waals surface area contributed by atoms with Crippen molar-refractivity contribution in [2.75, 3.05) is 51.3 Å². The highest BCUT2D eigenvalue weighted by molar-refractivity contribution is 7.28.